The fourth-order valence-corrected chi connectivity index (χ4v) is 5.65. The molecule has 0 saturated heterocycles. The van der Waals surface area contributed by atoms with E-state index in [-0.39, 0.29) is 23.4 Å². The molecule has 0 bridgehead atoms. The third kappa shape index (κ3) is 7.83. The van der Waals surface area contributed by atoms with E-state index in [0.29, 0.717) is 10.7 Å². The lowest BCUT2D eigenvalue weighted by Crippen LogP contribution is -2.52. The highest BCUT2D eigenvalue weighted by molar-refractivity contribution is 7.92. The van der Waals surface area contributed by atoms with Crippen LogP contribution in [0.25, 0.3) is 0 Å². The fraction of sp³-hybridized carbons (Fsp3) is 0.333. The Bertz CT molecular complexity index is 1410. The maximum absolute atomic E-state index is 13.9. The van der Waals surface area contributed by atoms with Crippen LogP contribution < -0.4 is 9.62 Å². The zero-order valence-electron chi connectivity index (χ0n) is 23.0. The lowest BCUT2D eigenvalue weighted by atomic mass is 10.1. The Morgan fingerprint density at radius 3 is 2.21 bits per heavy atom. The van der Waals surface area contributed by atoms with E-state index in [0.717, 1.165) is 27.4 Å². The first kappa shape index (κ1) is 30.2. The molecule has 208 valence electrons. The molecular weight excluding hydrogens is 534 g/mol. The van der Waals surface area contributed by atoms with Gasteiger partial charge in [0.2, 0.25) is 11.8 Å². The largest absolute Gasteiger partial charge is 0.352 e. The molecule has 2 amide bonds. The van der Waals surface area contributed by atoms with Crippen molar-refractivity contribution in [3.8, 4) is 0 Å². The van der Waals surface area contributed by atoms with Crippen LogP contribution >= 0.6 is 11.6 Å². The van der Waals surface area contributed by atoms with Gasteiger partial charge >= 0.3 is 0 Å². The summed E-state index contributed by atoms with van der Waals surface area (Å²) in [5.74, 6) is -0.831. The second-order valence-corrected chi connectivity index (χ2v) is 12.1. The molecule has 0 aliphatic heterocycles. The van der Waals surface area contributed by atoms with Gasteiger partial charge in [0.25, 0.3) is 10.0 Å². The van der Waals surface area contributed by atoms with Crippen LogP contribution in [-0.4, -0.2) is 43.8 Å². The molecule has 0 unspecified atom stereocenters. The van der Waals surface area contributed by atoms with E-state index in [2.05, 4.69) is 5.32 Å². The van der Waals surface area contributed by atoms with Crippen molar-refractivity contribution < 1.29 is 18.0 Å². The normalized spacial score (nSPS) is 12.9. The van der Waals surface area contributed by atoms with Crippen LogP contribution in [0.15, 0.2) is 77.7 Å². The maximum atomic E-state index is 13.9. The van der Waals surface area contributed by atoms with Crippen LogP contribution in [0.3, 0.4) is 0 Å². The number of nitrogens with one attached hydrogen (secondary N) is 1. The van der Waals surface area contributed by atoms with Crippen molar-refractivity contribution in [1.82, 2.24) is 10.2 Å². The van der Waals surface area contributed by atoms with Crippen LogP contribution in [0.5, 0.6) is 0 Å². The molecule has 0 heterocycles. The van der Waals surface area contributed by atoms with Gasteiger partial charge in [0.1, 0.15) is 12.6 Å². The number of carbonyl (C=O) groups is 2. The van der Waals surface area contributed by atoms with E-state index in [1.807, 2.05) is 39.8 Å². The standard InChI is InChI=1S/C30H36ClN3O4S/c1-6-23(4)32-30(36)24(5)33(19-25-10-8-11-26(31)18-25)29(35)20-34(27-12-7-9-22(3)17-27)39(37,38)28-15-13-21(2)14-16-28/h7-18,23-24H,6,19-20H2,1-5H3,(H,32,36)/t23-,24+/m0/s1. The van der Waals surface area contributed by atoms with Crippen molar-refractivity contribution in [1.29, 1.82) is 0 Å². The topological polar surface area (TPSA) is 86.8 Å². The lowest BCUT2D eigenvalue weighted by Gasteiger charge is -2.32. The van der Waals surface area contributed by atoms with Crippen LogP contribution in [-0.2, 0) is 26.2 Å². The molecule has 0 spiro atoms. The molecule has 0 aliphatic rings. The smallest absolute Gasteiger partial charge is 0.264 e. The van der Waals surface area contributed by atoms with Crippen molar-refractivity contribution in [2.24, 2.45) is 0 Å². The second kappa shape index (κ2) is 13.1. The Hall–Kier alpha value is -3.36. The van der Waals surface area contributed by atoms with Crippen LogP contribution in [0.4, 0.5) is 5.69 Å². The van der Waals surface area contributed by atoms with Gasteiger partial charge in [-0.1, -0.05) is 60.5 Å². The van der Waals surface area contributed by atoms with Crippen LogP contribution in [0.1, 0.15) is 43.9 Å². The maximum Gasteiger partial charge on any atom is 0.264 e. The molecule has 3 rings (SSSR count). The first-order valence-electron chi connectivity index (χ1n) is 12.9. The van der Waals surface area contributed by atoms with Gasteiger partial charge in [0.05, 0.1) is 10.6 Å². The van der Waals surface area contributed by atoms with Crippen molar-refractivity contribution >= 4 is 39.1 Å². The summed E-state index contributed by atoms with van der Waals surface area (Å²) in [6, 6.07) is 19.6. The highest BCUT2D eigenvalue weighted by Gasteiger charge is 2.32. The molecule has 3 aromatic carbocycles. The van der Waals surface area contributed by atoms with Crippen LogP contribution in [0.2, 0.25) is 5.02 Å². The Labute approximate surface area is 236 Å². The Balaban J connectivity index is 2.03. The van der Waals surface area contributed by atoms with E-state index in [9.17, 15) is 18.0 Å². The monoisotopic (exact) mass is 569 g/mol. The lowest BCUT2D eigenvalue weighted by molar-refractivity contribution is -0.139. The summed E-state index contributed by atoms with van der Waals surface area (Å²) in [5.41, 5.74) is 2.85. The number of rotatable bonds is 11. The number of aryl methyl sites for hydroxylation is 2. The van der Waals surface area contributed by atoms with E-state index in [1.54, 1.807) is 55.5 Å². The van der Waals surface area contributed by atoms with Crippen LogP contribution in [0, 0.1) is 13.8 Å². The van der Waals surface area contributed by atoms with Gasteiger partial charge in [-0.25, -0.2) is 8.42 Å². The SMILES string of the molecule is CC[C@H](C)NC(=O)[C@@H](C)N(Cc1cccc(Cl)c1)C(=O)CN(c1cccc(C)c1)S(=O)(=O)c1ccc(C)cc1. The van der Waals surface area contributed by atoms with Crippen molar-refractivity contribution in [3.05, 3.63) is 94.5 Å². The number of sulfonamides is 1. The van der Waals surface area contributed by atoms with Crippen molar-refractivity contribution in [2.45, 2.75) is 64.6 Å². The molecule has 3 aromatic rings. The molecule has 39 heavy (non-hydrogen) atoms. The summed E-state index contributed by atoms with van der Waals surface area (Å²) in [6.45, 7) is 8.82. The third-order valence-electron chi connectivity index (χ3n) is 6.59. The van der Waals surface area contributed by atoms with Gasteiger partial charge in [-0.05, 0) is 81.6 Å². The third-order valence-corrected chi connectivity index (χ3v) is 8.61. The average Bonchev–Trinajstić information content (AvgIpc) is 2.89. The number of halogens is 1. The highest BCUT2D eigenvalue weighted by atomic mass is 35.5. The Kier molecular flexibility index (Phi) is 10.2. The van der Waals surface area contributed by atoms with Gasteiger partial charge in [0, 0.05) is 17.6 Å². The number of nitrogens with zero attached hydrogens (tertiary/aromatic N) is 2. The van der Waals surface area contributed by atoms with E-state index in [1.165, 1.54) is 17.0 Å². The van der Waals surface area contributed by atoms with Gasteiger partial charge in [-0.3, -0.25) is 13.9 Å². The van der Waals surface area contributed by atoms with E-state index < -0.39 is 28.5 Å². The molecule has 0 fully saturated rings. The molecule has 2 atom stereocenters. The van der Waals surface area contributed by atoms with Crippen molar-refractivity contribution in [2.75, 3.05) is 10.8 Å². The molecule has 7 nitrogen and oxygen atoms in total. The van der Waals surface area contributed by atoms with E-state index >= 15 is 0 Å². The predicted octanol–water partition coefficient (Wildman–Crippen LogP) is 5.48. The summed E-state index contributed by atoms with van der Waals surface area (Å²) in [7, 11) is -4.10. The number of benzene rings is 3. The zero-order chi connectivity index (χ0) is 28.7. The molecule has 0 aliphatic carbocycles. The molecule has 0 aromatic heterocycles. The van der Waals surface area contributed by atoms with Gasteiger partial charge in [0.15, 0.2) is 0 Å². The first-order valence-corrected chi connectivity index (χ1v) is 14.7. The van der Waals surface area contributed by atoms with Gasteiger partial charge < -0.3 is 10.2 Å². The predicted molar refractivity (Wildman–Crippen MR) is 156 cm³/mol. The van der Waals surface area contributed by atoms with Gasteiger partial charge in [-0.15, -0.1) is 0 Å². The summed E-state index contributed by atoms with van der Waals surface area (Å²) < 4.78 is 28.8. The molecule has 9 heteroatoms. The molecule has 0 radical (unpaired) electrons. The minimum atomic E-state index is -4.10. The summed E-state index contributed by atoms with van der Waals surface area (Å²) >= 11 is 6.19. The fourth-order valence-electron chi connectivity index (χ4n) is 4.03. The number of hydrogen-bond donors (Lipinski definition) is 1. The Morgan fingerprint density at radius 1 is 0.923 bits per heavy atom. The summed E-state index contributed by atoms with van der Waals surface area (Å²) in [4.78, 5) is 28.5. The van der Waals surface area contributed by atoms with Crippen molar-refractivity contribution in [3.63, 3.8) is 0 Å². The number of anilines is 1. The minimum Gasteiger partial charge on any atom is -0.352 e. The zero-order valence-corrected chi connectivity index (χ0v) is 24.6. The number of hydrogen-bond acceptors (Lipinski definition) is 4. The van der Waals surface area contributed by atoms with Gasteiger partial charge in [-0.2, -0.15) is 0 Å². The highest BCUT2D eigenvalue weighted by Crippen LogP contribution is 2.26. The second-order valence-electron chi connectivity index (χ2n) is 9.81. The summed E-state index contributed by atoms with van der Waals surface area (Å²) in [5, 5.41) is 3.42. The summed E-state index contributed by atoms with van der Waals surface area (Å²) in [6.07, 6.45) is 0.733. The van der Waals surface area contributed by atoms with E-state index in [4.69, 9.17) is 11.6 Å². The molecule has 1 N–H and O–H groups in total. The molecular formula is C30H36ClN3O4S. The first-order chi connectivity index (χ1) is 18.4. The minimum absolute atomic E-state index is 0.0752. The number of amides is 2. The number of carbonyl (C=O) groups excluding carboxylic acids is 2. The molecule has 0 saturated carbocycles. The average molecular weight is 570 g/mol. The quantitative estimate of drug-likeness (QED) is 0.331. The Morgan fingerprint density at radius 2 is 1.59 bits per heavy atom.